The molecule has 6 heteroatoms. The molecule has 20 heavy (non-hydrogen) atoms. The summed E-state index contributed by atoms with van der Waals surface area (Å²) in [5.74, 6) is -0.403. The first-order valence-corrected chi connectivity index (χ1v) is 8.43. The number of halogens is 1. The lowest BCUT2D eigenvalue weighted by atomic mass is 10.1. The van der Waals surface area contributed by atoms with Crippen LogP contribution in [0.4, 0.5) is 4.39 Å². The standard InChI is InChI=1S/C14H19FN2O2S/c1-11-8-12(15)4-5-14(11)20(18,19)17-9-13(10-17)16-6-2-3-7-16/h4-5,8,13H,2-3,6-7,9-10H2,1H3. The second-order valence-electron chi connectivity index (χ2n) is 5.63. The summed E-state index contributed by atoms with van der Waals surface area (Å²) in [5, 5.41) is 0. The fourth-order valence-electron chi connectivity index (χ4n) is 2.99. The van der Waals surface area contributed by atoms with E-state index < -0.39 is 15.8 Å². The lowest BCUT2D eigenvalue weighted by Crippen LogP contribution is -2.60. The Hall–Kier alpha value is -0.980. The van der Waals surface area contributed by atoms with Crippen LogP contribution in [-0.2, 0) is 10.0 Å². The number of likely N-dealkylation sites (tertiary alicyclic amines) is 1. The van der Waals surface area contributed by atoms with Crippen LogP contribution in [0.1, 0.15) is 18.4 Å². The van der Waals surface area contributed by atoms with E-state index in [4.69, 9.17) is 0 Å². The SMILES string of the molecule is Cc1cc(F)ccc1S(=O)(=O)N1CC(N2CCCC2)C1. The van der Waals surface area contributed by atoms with Gasteiger partial charge in [0, 0.05) is 19.1 Å². The van der Waals surface area contributed by atoms with Gasteiger partial charge < -0.3 is 0 Å². The van der Waals surface area contributed by atoms with Gasteiger partial charge in [0.25, 0.3) is 0 Å². The molecule has 110 valence electrons. The van der Waals surface area contributed by atoms with Gasteiger partial charge in [-0.3, -0.25) is 4.90 Å². The van der Waals surface area contributed by atoms with E-state index in [1.54, 1.807) is 6.92 Å². The molecule has 0 radical (unpaired) electrons. The number of benzene rings is 1. The Kier molecular flexibility index (Phi) is 3.56. The van der Waals surface area contributed by atoms with Gasteiger partial charge in [0.2, 0.25) is 10.0 Å². The molecule has 2 fully saturated rings. The van der Waals surface area contributed by atoms with E-state index >= 15 is 0 Å². The van der Waals surface area contributed by atoms with Crippen LogP contribution in [0.15, 0.2) is 23.1 Å². The fraction of sp³-hybridized carbons (Fsp3) is 0.571. The number of hydrogen-bond donors (Lipinski definition) is 0. The molecule has 0 aliphatic carbocycles. The van der Waals surface area contributed by atoms with Crippen molar-refractivity contribution in [2.24, 2.45) is 0 Å². The zero-order valence-electron chi connectivity index (χ0n) is 11.5. The molecule has 2 saturated heterocycles. The largest absolute Gasteiger partial charge is 0.298 e. The summed E-state index contributed by atoms with van der Waals surface area (Å²) in [7, 11) is -3.47. The summed E-state index contributed by atoms with van der Waals surface area (Å²) in [6, 6.07) is 4.19. The molecule has 1 aromatic rings. The van der Waals surface area contributed by atoms with Crippen LogP contribution in [0.25, 0.3) is 0 Å². The van der Waals surface area contributed by atoms with Gasteiger partial charge >= 0.3 is 0 Å². The minimum Gasteiger partial charge on any atom is -0.298 e. The Balaban J connectivity index is 1.73. The highest BCUT2D eigenvalue weighted by Crippen LogP contribution is 2.28. The molecule has 0 atom stereocenters. The zero-order valence-corrected chi connectivity index (χ0v) is 12.4. The summed E-state index contributed by atoms with van der Waals surface area (Å²) in [5.41, 5.74) is 0.467. The van der Waals surface area contributed by atoms with Crippen molar-refractivity contribution in [2.75, 3.05) is 26.2 Å². The number of sulfonamides is 1. The number of nitrogens with zero attached hydrogens (tertiary/aromatic N) is 2. The molecule has 2 heterocycles. The molecular weight excluding hydrogens is 279 g/mol. The Morgan fingerprint density at radius 1 is 1.20 bits per heavy atom. The molecule has 0 unspecified atom stereocenters. The van der Waals surface area contributed by atoms with Crippen molar-refractivity contribution in [1.29, 1.82) is 0 Å². The van der Waals surface area contributed by atoms with Crippen LogP contribution in [-0.4, -0.2) is 49.8 Å². The van der Waals surface area contributed by atoms with Crippen molar-refractivity contribution in [3.63, 3.8) is 0 Å². The summed E-state index contributed by atoms with van der Waals surface area (Å²) in [6.45, 7) is 4.90. The Bertz CT molecular complexity index is 606. The maximum atomic E-state index is 13.1. The van der Waals surface area contributed by atoms with E-state index in [-0.39, 0.29) is 4.90 Å². The van der Waals surface area contributed by atoms with Gasteiger partial charge in [-0.2, -0.15) is 4.31 Å². The second kappa shape index (κ2) is 5.09. The monoisotopic (exact) mass is 298 g/mol. The van der Waals surface area contributed by atoms with Crippen LogP contribution in [0.3, 0.4) is 0 Å². The van der Waals surface area contributed by atoms with Crippen molar-refractivity contribution < 1.29 is 12.8 Å². The van der Waals surface area contributed by atoms with Gasteiger partial charge in [0.05, 0.1) is 4.90 Å². The predicted molar refractivity (Wildman–Crippen MR) is 74.5 cm³/mol. The molecule has 0 N–H and O–H groups in total. The maximum Gasteiger partial charge on any atom is 0.243 e. The van der Waals surface area contributed by atoms with Gasteiger partial charge in [-0.1, -0.05) is 0 Å². The summed E-state index contributed by atoms with van der Waals surface area (Å²) in [4.78, 5) is 2.59. The van der Waals surface area contributed by atoms with E-state index in [1.165, 1.54) is 35.3 Å². The molecule has 2 aliphatic heterocycles. The average Bonchev–Trinajstić information content (AvgIpc) is 2.79. The van der Waals surface area contributed by atoms with E-state index in [0.29, 0.717) is 24.7 Å². The highest BCUT2D eigenvalue weighted by Gasteiger charge is 2.40. The van der Waals surface area contributed by atoms with Crippen LogP contribution in [0, 0.1) is 12.7 Å². The molecule has 0 saturated carbocycles. The van der Waals surface area contributed by atoms with Gasteiger partial charge in [-0.25, -0.2) is 12.8 Å². The van der Waals surface area contributed by atoms with E-state index in [0.717, 1.165) is 13.1 Å². The summed E-state index contributed by atoms with van der Waals surface area (Å²) >= 11 is 0. The molecule has 0 aromatic heterocycles. The normalized spacial score (nSPS) is 22.1. The second-order valence-corrected chi connectivity index (χ2v) is 7.54. The van der Waals surface area contributed by atoms with Gasteiger partial charge in [-0.05, 0) is 56.6 Å². The number of rotatable bonds is 3. The molecule has 0 bridgehead atoms. The summed E-state index contributed by atoms with van der Waals surface area (Å²) < 4.78 is 39.6. The lowest BCUT2D eigenvalue weighted by molar-refractivity contribution is 0.110. The van der Waals surface area contributed by atoms with E-state index in [2.05, 4.69) is 4.90 Å². The van der Waals surface area contributed by atoms with Crippen LogP contribution in [0.5, 0.6) is 0 Å². The first-order valence-electron chi connectivity index (χ1n) is 6.99. The highest BCUT2D eigenvalue weighted by atomic mass is 32.2. The average molecular weight is 298 g/mol. The fourth-order valence-corrected chi connectivity index (χ4v) is 4.71. The Morgan fingerprint density at radius 3 is 2.45 bits per heavy atom. The molecule has 0 spiro atoms. The van der Waals surface area contributed by atoms with Crippen molar-refractivity contribution in [2.45, 2.75) is 30.7 Å². The Labute approximate surface area is 119 Å². The highest BCUT2D eigenvalue weighted by molar-refractivity contribution is 7.89. The molecular formula is C14H19FN2O2S. The van der Waals surface area contributed by atoms with Gasteiger partial charge in [0.15, 0.2) is 0 Å². The molecule has 4 nitrogen and oxygen atoms in total. The Morgan fingerprint density at radius 2 is 1.85 bits per heavy atom. The topological polar surface area (TPSA) is 40.6 Å². The number of aryl methyl sites for hydroxylation is 1. The molecule has 1 aromatic carbocycles. The third-order valence-electron chi connectivity index (χ3n) is 4.24. The first kappa shape index (κ1) is 14.0. The van der Waals surface area contributed by atoms with Gasteiger partial charge in [-0.15, -0.1) is 0 Å². The maximum absolute atomic E-state index is 13.1. The minimum atomic E-state index is -3.47. The predicted octanol–water partition coefficient (Wildman–Crippen LogP) is 1.60. The summed E-state index contributed by atoms with van der Waals surface area (Å²) in [6.07, 6.45) is 2.42. The quantitative estimate of drug-likeness (QED) is 0.851. The molecule has 3 rings (SSSR count). The van der Waals surface area contributed by atoms with Crippen LogP contribution >= 0.6 is 0 Å². The number of hydrogen-bond acceptors (Lipinski definition) is 3. The third kappa shape index (κ3) is 2.36. The van der Waals surface area contributed by atoms with E-state index in [9.17, 15) is 12.8 Å². The van der Waals surface area contributed by atoms with Gasteiger partial charge in [0.1, 0.15) is 5.82 Å². The molecule has 2 aliphatic rings. The zero-order chi connectivity index (χ0) is 14.3. The van der Waals surface area contributed by atoms with E-state index in [1.807, 2.05) is 0 Å². The minimum absolute atomic E-state index is 0.221. The van der Waals surface area contributed by atoms with Crippen molar-refractivity contribution in [1.82, 2.24) is 9.21 Å². The van der Waals surface area contributed by atoms with Crippen LogP contribution < -0.4 is 0 Å². The van der Waals surface area contributed by atoms with Crippen molar-refractivity contribution in [3.05, 3.63) is 29.6 Å². The lowest BCUT2D eigenvalue weighted by Gasteiger charge is -2.43. The first-order chi connectivity index (χ1) is 9.48. The van der Waals surface area contributed by atoms with Crippen molar-refractivity contribution >= 4 is 10.0 Å². The van der Waals surface area contributed by atoms with Crippen molar-refractivity contribution in [3.8, 4) is 0 Å². The smallest absolute Gasteiger partial charge is 0.243 e. The third-order valence-corrected chi connectivity index (χ3v) is 6.23. The molecule has 0 amide bonds. The van der Waals surface area contributed by atoms with Crippen LogP contribution in [0.2, 0.25) is 0 Å².